The van der Waals surface area contributed by atoms with Crippen molar-refractivity contribution in [2.24, 2.45) is 0 Å². The van der Waals surface area contributed by atoms with Gasteiger partial charge in [-0.25, -0.2) is 13.6 Å². The predicted octanol–water partition coefficient (Wildman–Crippen LogP) is 4.20. The number of aromatic nitrogens is 1. The van der Waals surface area contributed by atoms with Crippen molar-refractivity contribution >= 4 is 22.6 Å². The standard InChI is InChI=1S/C25H25F2N3O3/c1-2-28-10-11-29(14-20(28)15-6-4-3-5-7-15)23-19(26)12-17-22(21(23)27)30(16-8-9-16)13-18(24(17)31)25(32)33/h3-7,12-13,16,20H,2,8-11,14H2,1H3,(H,32,33). The van der Waals surface area contributed by atoms with Crippen LogP contribution in [-0.4, -0.2) is 46.7 Å². The monoisotopic (exact) mass is 453 g/mol. The van der Waals surface area contributed by atoms with Crippen LogP contribution < -0.4 is 10.3 Å². The Bertz CT molecular complexity index is 1290. The van der Waals surface area contributed by atoms with E-state index in [1.165, 1.54) is 10.8 Å². The molecular weight excluding hydrogens is 428 g/mol. The Morgan fingerprint density at radius 3 is 2.52 bits per heavy atom. The molecule has 5 rings (SSSR count). The van der Waals surface area contributed by atoms with E-state index in [2.05, 4.69) is 11.8 Å². The maximum atomic E-state index is 16.0. The Morgan fingerprint density at radius 1 is 1.15 bits per heavy atom. The Morgan fingerprint density at radius 2 is 1.88 bits per heavy atom. The molecule has 1 saturated heterocycles. The van der Waals surface area contributed by atoms with Gasteiger partial charge in [-0.1, -0.05) is 37.3 Å². The van der Waals surface area contributed by atoms with E-state index >= 15 is 8.78 Å². The van der Waals surface area contributed by atoms with Gasteiger partial charge in [-0.15, -0.1) is 0 Å². The van der Waals surface area contributed by atoms with Crippen molar-refractivity contribution in [2.75, 3.05) is 31.1 Å². The van der Waals surface area contributed by atoms with Crippen molar-refractivity contribution in [1.82, 2.24) is 9.47 Å². The number of aromatic carboxylic acids is 1. The van der Waals surface area contributed by atoms with E-state index in [0.29, 0.717) is 19.6 Å². The number of piperazine rings is 1. The van der Waals surface area contributed by atoms with Gasteiger partial charge in [0.2, 0.25) is 5.43 Å². The quantitative estimate of drug-likeness (QED) is 0.628. The summed E-state index contributed by atoms with van der Waals surface area (Å²) in [5.41, 5.74) is -0.431. The summed E-state index contributed by atoms with van der Waals surface area (Å²) in [6, 6.07) is 10.8. The van der Waals surface area contributed by atoms with Gasteiger partial charge in [0.05, 0.1) is 16.9 Å². The third-order valence-electron chi connectivity index (χ3n) is 6.75. The highest BCUT2D eigenvalue weighted by atomic mass is 19.1. The molecule has 1 aliphatic carbocycles. The number of nitrogens with zero attached hydrogens (tertiary/aromatic N) is 3. The summed E-state index contributed by atoms with van der Waals surface area (Å²) >= 11 is 0. The molecule has 2 aromatic carbocycles. The van der Waals surface area contributed by atoms with Crippen LogP contribution in [0.15, 0.2) is 47.4 Å². The second kappa shape index (κ2) is 8.26. The fourth-order valence-corrected chi connectivity index (χ4v) is 4.91. The van der Waals surface area contributed by atoms with Crippen molar-refractivity contribution in [1.29, 1.82) is 0 Å². The number of carbonyl (C=O) groups is 1. The normalized spacial score (nSPS) is 19.2. The predicted molar refractivity (Wildman–Crippen MR) is 122 cm³/mol. The molecular formula is C25H25F2N3O3. The average Bonchev–Trinajstić information content (AvgIpc) is 3.65. The molecule has 1 aliphatic heterocycles. The van der Waals surface area contributed by atoms with Crippen LogP contribution in [0, 0.1) is 11.6 Å². The van der Waals surface area contributed by atoms with Crippen LogP contribution >= 0.6 is 0 Å². The molecule has 1 atom stereocenters. The molecule has 3 aromatic rings. The van der Waals surface area contributed by atoms with Crippen molar-refractivity contribution in [3.8, 4) is 0 Å². The summed E-state index contributed by atoms with van der Waals surface area (Å²) in [4.78, 5) is 28.3. The highest BCUT2D eigenvalue weighted by Gasteiger charge is 2.34. The maximum absolute atomic E-state index is 16.0. The minimum atomic E-state index is -1.40. The number of hydrogen-bond acceptors (Lipinski definition) is 4. The van der Waals surface area contributed by atoms with Crippen LogP contribution in [0.3, 0.4) is 0 Å². The largest absolute Gasteiger partial charge is 0.477 e. The minimum absolute atomic E-state index is 0.0157. The maximum Gasteiger partial charge on any atom is 0.341 e. The summed E-state index contributed by atoms with van der Waals surface area (Å²) in [6.45, 7) is 4.36. The van der Waals surface area contributed by atoms with Gasteiger partial charge < -0.3 is 14.6 Å². The van der Waals surface area contributed by atoms with E-state index < -0.39 is 28.6 Å². The van der Waals surface area contributed by atoms with Gasteiger partial charge in [0.1, 0.15) is 17.1 Å². The Balaban J connectivity index is 1.64. The molecule has 1 aromatic heterocycles. The smallest absolute Gasteiger partial charge is 0.341 e. The third-order valence-corrected chi connectivity index (χ3v) is 6.75. The lowest BCUT2D eigenvalue weighted by atomic mass is 10.0. The molecule has 0 bridgehead atoms. The van der Waals surface area contributed by atoms with E-state index in [4.69, 9.17) is 0 Å². The number of anilines is 1. The summed E-state index contributed by atoms with van der Waals surface area (Å²) in [6.07, 6.45) is 2.72. The number of hydrogen-bond donors (Lipinski definition) is 1. The Kier molecular flexibility index (Phi) is 5.40. The number of pyridine rings is 1. The topological polar surface area (TPSA) is 65.8 Å². The van der Waals surface area contributed by atoms with Crippen LogP contribution in [0.25, 0.3) is 10.9 Å². The Hall–Kier alpha value is -3.26. The van der Waals surface area contributed by atoms with Crippen molar-refractivity contribution in [3.63, 3.8) is 0 Å². The molecule has 33 heavy (non-hydrogen) atoms. The highest BCUT2D eigenvalue weighted by Crippen LogP contribution is 2.40. The first-order valence-electron chi connectivity index (χ1n) is 11.2. The lowest BCUT2D eigenvalue weighted by Crippen LogP contribution is -2.49. The molecule has 172 valence electrons. The summed E-state index contributed by atoms with van der Waals surface area (Å²) in [7, 11) is 0. The zero-order chi connectivity index (χ0) is 23.3. The fraction of sp³-hybridized carbons (Fsp3) is 0.360. The molecule has 1 N–H and O–H groups in total. The summed E-state index contributed by atoms with van der Waals surface area (Å²) in [5.74, 6) is -3.05. The number of rotatable bonds is 5. The van der Waals surface area contributed by atoms with Crippen LogP contribution in [0.2, 0.25) is 0 Å². The van der Waals surface area contributed by atoms with Gasteiger partial charge in [-0.05, 0) is 31.0 Å². The molecule has 0 amide bonds. The van der Waals surface area contributed by atoms with Crippen LogP contribution in [-0.2, 0) is 0 Å². The van der Waals surface area contributed by atoms with Crippen LogP contribution in [0.4, 0.5) is 14.5 Å². The van der Waals surface area contributed by atoms with Gasteiger partial charge in [-0.3, -0.25) is 9.69 Å². The molecule has 0 radical (unpaired) electrons. The molecule has 2 fully saturated rings. The molecule has 8 heteroatoms. The first-order chi connectivity index (χ1) is 15.9. The van der Waals surface area contributed by atoms with Crippen molar-refractivity contribution < 1.29 is 18.7 Å². The first-order valence-corrected chi connectivity index (χ1v) is 11.2. The lowest BCUT2D eigenvalue weighted by molar-refractivity contribution is 0.0694. The number of benzene rings is 2. The van der Waals surface area contributed by atoms with Gasteiger partial charge in [0.25, 0.3) is 0 Å². The van der Waals surface area contributed by atoms with E-state index in [1.807, 2.05) is 30.3 Å². The third kappa shape index (κ3) is 3.68. The van der Waals surface area contributed by atoms with E-state index in [-0.39, 0.29) is 28.7 Å². The van der Waals surface area contributed by atoms with E-state index in [9.17, 15) is 14.7 Å². The second-order valence-corrected chi connectivity index (χ2v) is 8.73. The Labute approximate surface area is 189 Å². The van der Waals surface area contributed by atoms with Crippen LogP contribution in [0.1, 0.15) is 47.8 Å². The lowest BCUT2D eigenvalue weighted by Gasteiger charge is -2.42. The van der Waals surface area contributed by atoms with Crippen molar-refractivity contribution in [3.05, 3.63) is 75.6 Å². The van der Waals surface area contributed by atoms with Gasteiger partial charge in [0, 0.05) is 31.9 Å². The second-order valence-electron chi connectivity index (χ2n) is 8.73. The number of carboxylic acid groups (broad SMARTS) is 1. The van der Waals surface area contributed by atoms with Crippen molar-refractivity contribution in [2.45, 2.75) is 31.8 Å². The molecule has 0 spiro atoms. The molecule has 2 aliphatic rings. The van der Waals surface area contributed by atoms with E-state index in [0.717, 1.165) is 31.0 Å². The minimum Gasteiger partial charge on any atom is -0.477 e. The zero-order valence-electron chi connectivity index (χ0n) is 18.3. The number of likely N-dealkylation sites (N-methyl/N-ethyl adjacent to an activating group) is 1. The molecule has 1 saturated carbocycles. The van der Waals surface area contributed by atoms with E-state index in [1.54, 1.807) is 4.90 Å². The summed E-state index contributed by atoms with van der Waals surface area (Å²) < 4.78 is 32.8. The van der Waals surface area contributed by atoms with Crippen LogP contribution in [0.5, 0.6) is 0 Å². The number of carboxylic acids is 1. The number of halogens is 2. The molecule has 1 unspecified atom stereocenters. The fourth-order valence-electron chi connectivity index (χ4n) is 4.91. The molecule has 6 nitrogen and oxygen atoms in total. The van der Waals surface area contributed by atoms with Gasteiger partial charge in [0.15, 0.2) is 5.82 Å². The van der Waals surface area contributed by atoms with Gasteiger partial charge in [-0.2, -0.15) is 0 Å². The average molecular weight is 453 g/mol. The first kappa shape index (κ1) is 21.6. The molecule has 2 heterocycles. The highest BCUT2D eigenvalue weighted by molar-refractivity contribution is 5.94. The number of fused-ring (bicyclic) bond motifs is 1. The SMILES string of the molecule is CCN1CCN(c2c(F)cc3c(=O)c(C(=O)O)cn(C4CC4)c3c2F)CC1c1ccccc1. The van der Waals surface area contributed by atoms with Gasteiger partial charge >= 0.3 is 5.97 Å². The zero-order valence-corrected chi connectivity index (χ0v) is 18.3. The summed E-state index contributed by atoms with van der Waals surface area (Å²) in [5, 5.41) is 9.19.